The molecule has 0 spiro atoms. The van der Waals surface area contributed by atoms with Crippen molar-refractivity contribution >= 4 is 27.2 Å². The molecule has 0 amide bonds. The van der Waals surface area contributed by atoms with Crippen molar-refractivity contribution in [2.75, 3.05) is 6.61 Å². The predicted octanol–water partition coefficient (Wildman–Crippen LogP) is -2.33. The average molecular weight is 333 g/mol. The normalized spacial score (nSPS) is 35.9. The molecular weight excluding hydrogens is 318 g/mol. The highest BCUT2D eigenvalue weighted by atomic mass is 32.3. The smallest absolute Gasteiger partial charge is 0.394 e. The zero-order chi connectivity index (χ0) is 15.5. The van der Waals surface area contributed by atoms with Crippen LogP contribution in [-0.4, -0.2) is 74.9 Å². The summed E-state index contributed by atoms with van der Waals surface area (Å²) in [5, 5.41) is 40.8. The van der Waals surface area contributed by atoms with Gasteiger partial charge in [-0.3, -0.25) is 4.55 Å². The first-order chi connectivity index (χ1) is 9.15. The quantitative estimate of drug-likeness (QED) is 0.163. The largest absolute Gasteiger partial charge is 0.466 e. The van der Waals surface area contributed by atoms with Gasteiger partial charge in [-0.2, -0.15) is 8.42 Å². The Morgan fingerprint density at radius 2 is 1.90 bits per heavy atom. The van der Waals surface area contributed by atoms with Gasteiger partial charge >= 0.3 is 10.4 Å². The van der Waals surface area contributed by atoms with Crippen LogP contribution < -0.4 is 0 Å². The summed E-state index contributed by atoms with van der Waals surface area (Å²) in [4.78, 5) is 0. The standard InChI is InChI=1S/C8H15NO9S2/c1-3(9-18-20(14,15)16)19-8-7(13)6(12)5(11)4(2-10)17-8/h4-8,10-13H,2H2,1H3,(H,14,15,16)/t4-,5+,6+,7-,8+/m1/s1. The minimum Gasteiger partial charge on any atom is -0.394 e. The van der Waals surface area contributed by atoms with Crippen LogP contribution in [0.3, 0.4) is 0 Å². The molecule has 1 aliphatic rings. The second kappa shape index (κ2) is 7.00. The molecule has 1 fully saturated rings. The van der Waals surface area contributed by atoms with Gasteiger partial charge in [-0.1, -0.05) is 16.9 Å². The number of rotatable bonds is 4. The molecule has 1 aliphatic heterocycles. The zero-order valence-electron chi connectivity index (χ0n) is 10.2. The van der Waals surface area contributed by atoms with E-state index in [1.807, 2.05) is 0 Å². The molecule has 0 aromatic heterocycles. The Morgan fingerprint density at radius 1 is 1.30 bits per heavy atom. The molecule has 5 N–H and O–H groups in total. The third-order valence-electron chi connectivity index (χ3n) is 2.40. The maximum absolute atomic E-state index is 10.3. The molecule has 0 bridgehead atoms. The van der Waals surface area contributed by atoms with Gasteiger partial charge in [0.25, 0.3) is 0 Å². The van der Waals surface area contributed by atoms with E-state index in [9.17, 15) is 23.7 Å². The van der Waals surface area contributed by atoms with E-state index in [1.54, 1.807) is 0 Å². The number of nitrogens with zero attached hydrogens (tertiary/aromatic N) is 1. The van der Waals surface area contributed by atoms with Crippen LogP contribution >= 0.6 is 11.8 Å². The Kier molecular flexibility index (Phi) is 6.15. The molecule has 5 atom stereocenters. The molecule has 1 saturated heterocycles. The van der Waals surface area contributed by atoms with Gasteiger partial charge in [-0.25, -0.2) is 4.28 Å². The number of aliphatic hydroxyl groups excluding tert-OH is 4. The topological polar surface area (TPSA) is 166 Å². The maximum atomic E-state index is 10.3. The van der Waals surface area contributed by atoms with Gasteiger partial charge in [0.05, 0.1) is 6.61 Å². The van der Waals surface area contributed by atoms with Crippen molar-refractivity contribution < 1.29 is 42.4 Å². The molecule has 20 heavy (non-hydrogen) atoms. The lowest BCUT2D eigenvalue weighted by molar-refractivity contribution is -0.205. The zero-order valence-corrected chi connectivity index (χ0v) is 11.9. The van der Waals surface area contributed by atoms with Gasteiger partial charge in [0.1, 0.15) is 34.9 Å². The van der Waals surface area contributed by atoms with Crippen molar-refractivity contribution in [3.8, 4) is 0 Å². The van der Waals surface area contributed by atoms with Gasteiger partial charge in [0.15, 0.2) is 0 Å². The molecule has 0 radical (unpaired) electrons. The number of oxime groups is 1. The molecule has 118 valence electrons. The SMILES string of the molecule is CC(=NOS(=O)(=O)O)S[C@@H]1O[C@H](CO)[C@H](O)[C@H](O)[C@H]1O. The summed E-state index contributed by atoms with van der Waals surface area (Å²) in [6.07, 6.45) is -5.61. The molecule has 1 rings (SSSR count). The van der Waals surface area contributed by atoms with Gasteiger partial charge in [-0.05, 0) is 6.92 Å². The summed E-state index contributed by atoms with van der Waals surface area (Å²) in [5.74, 6) is 0. The summed E-state index contributed by atoms with van der Waals surface area (Å²) < 4.78 is 37.9. The van der Waals surface area contributed by atoms with E-state index in [-0.39, 0.29) is 5.04 Å². The van der Waals surface area contributed by atoms with E-state index in [0.29, 0.717) is 11.8 Å². The van der Waals surface area contributed by atoms with E-state index in [2.05, 4.69) is 9.44 Å². The van der Waals surface area contributed by atoms with E-state index in [0.717, 1.165) is 0 Å². The highest BCUT2D eigenvalue weighted by Crippen LogP contribution is 2.29. The summed E-state index contributed by atoms with van der Waals surface area (Å²) >= 11 is 0.689. The molecule has 0 aromatic carbocycles. The van der Waals surface area contributed by atoms with E-state index < -0.39 is 46.9 Å². The van der Waals surface area contributed by atoms with E-state index >= 15 is 0 Å². The number of ether oxygens (including phenoxy) is 1. The van der Waals surface area contributed by atoms with Gasteiger partial charge in [-0.15, -0.1) is 0 Å². The van der Waals surface area contributed by atoms with Crippen LogP contribution in [0.4, 0.5) is 0 Å². The molecule has 0 saturated carbocycles. The monoisotopic (exact) mass is 333 g/mol. The number of hydrogen-bond donors (Lipinski definition) is 5. The van der Waals surface area contributed by atoms with Crippen LogP contribution in [0.2, 0.25) is 0 Å². The lowest BCUT2D eigenvalue weighted by Crippen LogP contribution is -2.57. The van der Waals surface area contributed by atoms with Crippen molar-refractivity contribution in [2.24, 2.45) is 5.16 Å². The fourth-order valence-electron chi connectivity index (χ4n) is 1.45. The van der Waals surface area contributed by atoms with Crippen molar-refractivity contribution in [1.82, 2.24) is 0 Å². The lowest BCUT2D eigenvalue weighted by atomic mass is 10.0. The van der Waals surface area contributed by atoms with Gasteiger partial charge < -0.3 is 25.2 Å². The maximum Gasteiger partial charge on any atom is 0.466 e. The first kappa shape index (κ1) is 17.6. The fourth-order valence-corrected chi connectivity index (χ4v) is 2.62. The van der Waals surface area contributed by atoms with Gasteiger partial charge in [0.2, 0.25) is 0 Å². The second-order valence-electron chi connectivity index (χ2n) is 3.93. The molecule has 1 heterocycles. The van der Waals surface area contributed by atoms with E-state index in [1.165, 1.54) is 6.92 Å². The highest BCUT2D eigenvalue weighted by molar-refractivity contribution is 8.14. The van der Waals surface area contributed by atoms with Crippen molar-refractivity contribution in [3.63, 3.8) is 0 Å². The molecule has 12 heteroatoms. The van der Waals surface area contributed by atoms with Crippen molar-refractivity contribution in [2.45, 2.75) is 36.8 Å². The molecule has 0 aliphatic carbocycles. The fraction of sp³-hybridized carbons (Fsp3) is 0.875. The average Bonchev–Trinajstić information content (AvgIpc) is 2.36. The molecular formula is C8H15NO9S2. The summed E-state index contributed by atoms with van der Waals surface area (Å²) in [5.41, 5.74) is -1.11. The van der Waals surface area contributed by atoms with Gasteiger partial charge in [0, 0.05) is 0 Å². The first-order valence-corrected chi connectivity index (χ1v) is 7.58. The molecule has 0 unspecified atom stereocenters. The first-order valence-electron chi connectivity index (χ1n) is 5.33. The Labute approximate surface area is 119 Å². The molecule has 0 aromatic rings. The van der Waals surface area contributed by atoms with Crippen molar-refractivity contribution in [1.29, 1.82) is 0 Å². The van der Waals surface area contributed by atoms with Crippen LogP contribution in [0.1, 0.15) is 6.92 Å². The summed E-state index contributed by atoms with van der Waals surface area (Å²) in [7, 11) is -4.74. The van der Waals surface area contributed by atoms with Crippen LogP contribution in [0, 0.1) is 0 Å². The van der Waals surface area contributed by atoms with Crippen LogP contribution in [-0.2, 0) is 19.4 Å². The minimum absolute atomic E-state index is 0.0352. The van der Waals surface area contributed by atoms with Crippen LogP contribution in [0.25, 0.3) is 0 Å². The minimum atomic E-state index is -4.74. The predicted molar refractivity (Wildman–Crippen MR) is 67.1 cm³/mol. The third kappa shape index (κ3) is 4.82. The molecule has 10 nitrogen and oxygen atoms in total. The number of hydrogen-bond acceptors (Lipinski definition) is 10. The highest BCUT2D eigenvalue weighted by Gasteiger charge is 2.43. The van der Waals surface area contributed by atoms with Crippen molar-refractivity contribution in [3.05, 3.63) is 0 Å². The van der Waals surface area contributed by atoms with Crippen LogP contribution in [0.5, 0.6) is 0 Å². The van der Waals surface area contributed by atoms with Crippen LogP contribution in [0.15, 0.2) is 5.16 Å². The number of thioether (sulfide) groups is 1. The Morgan fingerprint density at radius 3 is 2.40 bits per heavy atom. The lowest BCUT2D eigenvalue weighted by Gasteiger charge is -2.39. The second-order valence-corrected chi connectivity index (χ2v) is 6.22. The van der Waals surface area contributed by atoms with E-state index in [4.69, 9.17) is 14.4 Å². The Hall–Kier alpha value is -0.470. The Bertz CT molecular complexity index is 451. The Balaban J connectivity index is 2.71. The summed E-state index contributed by atoms with van der Waals surface area (Å²) in [6.45, 7) is 0.719. The summed E-state index contributed by atoms with van der Waals surface area (Å²) in [6, 6.07) is 0. The third-order valence-corrected chi connectivity index (χ3v) is 3.70. The number of aliphatic hydroxyl groups is 4.